The Hall–Kier alpha value is -1.82. The summed E-state index contributed by atoms with van der Waals surface area (Å²) in [6.45, 7) is 8.26. The maximum absolute atomic E-state index is 6.34. The van der Waals surface area contributed by atoms with Gasteiger partial charge in [0.2, 0.25) is 5.06 Å². The highest BCUT2D eigenvalue weighted by atomic mass is 35.5. The molecule has 1 aromatic heterocycles. The smallest absolute Gasteiger partial charge is 0.209 e. The summed E-state index contributed by atoms with van der Waals surface area (Å²) < 4.78 is 10.5. The van der Waals surface area contributed by atoms with E-state index in [1.165, 1.54) is 11.5 Å². The van der Waals surface area contributed by atoms with Crippen molar-refractivity contribution in [1.29, 1.82) is 0 Å². The molecule has 4 nitrogen and oxygen atoms in total. The van der Waals surface area contributed by atoms with Crippen molar-refractivity contribution < 1.29 is 4.74 Å². The van der Waals surface area contributed by atoms with Crippen LogP contribution in [0.2, 0.25) is 10.0 Å². The van der Waals surface area contributed by atoms with Gasteiger partial charge in [0.1, 0.15) is 11.3 Å². The van der Waals surface area contributed by atoms with Gasteiger partial charge in [0.05, 0.1) is 27.5 Å². The molecule has 0 aliphatic rings. The van der Waals surface area contributed by atoms with E-state index >= 15 is 0 Å². The molecule has 0 saturated carbocycles. The Balaban J connectivity index is 1.93. The fourth-order valence-electron chi connectivity index (χ4n) is 2.44. The van der Waals surface area contributed by atoms with Gasteiger partial charge in [0.15, 0.2) is 0 Å². The van der Waals surface area contributed by atoms with Gasteiger partial charge in [0, 0.05) is 24.6 Å². The summed E-state index contributed by atoms with van der Waals surface area (Å²) in [4.78, 5) is 6.66. The van der Waals surface area contributed by atoms with Crippen LogP contribution >= 0.6 is 34.7 Å². The summed E-state index contributed by atoms with van der Waals surface area (Å²) >= 11 is 13.8. The van der Waals surface area contributed by atoms with Crippen molar-refractivity contribution in [3.8, 4) is 10.8 Å². The van der Waals surface area contributed by atoms with Gasteiger partial charge < -0.3 is 9.64 Å². The van der Waals surface area contributed by atoms with Crippen LogP contribution in [-0.4, -0.2) is 28.7 Å². The van der Waals surface area contributed by atoms with Gasteiger partial charge in [-0.25, -0.2) is 4.99 Å². The minimum atomic E-state index is 0.397. The molecule has 7 heteroatoms. The van der Waals surface area contributed by atoms with E-state index < -0.39 is 0 Å². The monoisotopic (exact) mass is 421 g/mol. The molecule has 0 aliphatic heterocycles. The molecule has 0 aliphatic carbocycles. The minimum absolute atomic E-state index is 0.397. The summed E-state index contributed by atoms with van der Waals surface area (Å²) in [5, 5.41) is 2.51. The van der Waals surface area contributed by atoms with Gasteiger partial charge in [-0.2, -0.15) is 4.37 Å². The lowest BCUT2D eigenvalue weighted by molar-refractivity contribution is 0.429. The van der Waals surface area contributed by atoms with Crippen LogP contribution in [0.15, 0.2) is 29.3 Å². The molecule has 2 aromatic carbocycles. The summed E-state index contributed by atoms with van der Waals surface area (Å²) in [7, 11) is 2.01. The van der Waals surface area contributed by atoms with Crippen molar-refractivity contribution in [2.24, 2.45) is 4.99 Å². The number of hydrogen-bond acceptors (Lipinski definition) is 4. The molecule has 0 fully saturated rings. The fraction of sp³-hybridized carbons (Fsp3) is 0.300. The highest BCUT2D eigenvalue weighted by Gasteiger charge is 2.16. The van der Waals surface area contributed by atoms with Crippen LogP contribution in [0.1, 0.15) is 25.0 Å². The van der Waals surface area contributed by atoms with Crippen LogP contribution in [0, 0.1) is 13.8 Å². The molecule has 0 bridgehead atoms. The van der Waals surface area contributed by atoms with Crippen LogP contribution in [0.25, 0.3) is 10.9 Å². The largest absolute Gasteiger partial charge is 0.444 e. The second-order valence-electron chi connectivity index (χ2n) is 6.73. The first-order valence-electron chi connectivity index (χ1n) is 8.56. The third kappa shape index (κ3) is 4.21. The van der Waals surface area contributed by atoms with Gasteiger partial charge in [-0.1, -0.05) is 23.2 Å². The van der Waals surface area contributed by atoms with Crippen LogP contribution < -0.4 is 4.74 Å². The van der Waals surface area contributed by atoms with E-state index in [1.54, 1.807) is 12.1 Å². The SMILES string of the molecule is Cc1cc(Oc2snc3c(Cl)ccc(Cl)c23)c(C)cc1N=CN(C)C(C)C. The Morgan fingerprint density at radius 3 is 2.56 bits per heavy atom. The zero-order chi connectivity index (χ0) is 19.7. The van der Waals surface area contributed by atoms with E-state index in [4.69, 9.17) is 27.9 Å². The highest BCUT2D eigenvalue weighted by molar-refractivity contribution is 7.09. The van der Waals surface area contributed by atoms with E-state index in [0.29, 0.717) is 26.7 Å². The van der Waals surface area contributed by atoms with Gasteiger partial charge in [-0.15, -0.1) is 0 Å². The third-order valence-corrected chi connectivity index (χ3v) is 5.74. The molecular weight excluding hydrogens is 401 g/mol. The molecule has 0 radical (unpaired) electrons. The lowest BCUT2D eigenvalue weighted by Gasteiger charge is -2.17. The van der Waals surface area contributed by atoms with E-state index in [0.717, 1.165) is 28.0 Å². The summed E-state index contributed by atoms with van der Waals surface area (Å²) in [6.07, 6.45) is 1.85. The zero-order valence-corrected chi connectivity index (χ0v) is 18.2. The first-order chi connectivity index (χ1) is 12.8. The van der Waals surface area contributed by atoms with E-state index in [1.807, 2.05) is 39.4 Å². The van der Waals surface area contributed by atoms with Gasteiger partial charge in [0.25, 0.3) is 0 Å². The first-order valence-corrected chi connectivity index (χ1v) is 10.1. The Labute approximate surface area is 173 Å². The number of benzene rings is 2. The van der Waals surface area contributed by atoms with Crippen molar-refractivity contribution in [2.45, 2.75) is 33.7 Å². The Kier molecular flexibility index (Phi) is 5.94. The summed E-state index contributed by atoms with van der Waals surface area (Å²) in [5.41, 5.74) is 3.60. The molecule has 0 saturated heterocycles. The minimum Gasteiger partial charge on any atom is -0.444 e. The van der Waals surface area contributed by atoms with Gasteiger partial charge in [-0.05, 0) is 63.1 Å². The summed E-state index contributed by atoms with van der Waals surface area (Å²) in [6, 6.07) is 7.91. The molecule has 3 rings (SSSR count). The number of aromatic nitrogens is 1. The van der Waals surface area contributed by atoms with E-state index in [2.05, 4.69) is 28.1 Å². The Morgan fingerprint density at radius 2 is 1.85 bits per heavy atom. The van der Waals surface area contributed by atoms with Gasteiger partial charge in [-0.3, -0.25) is 0 Å². The quantitative estimate of drug-likeness (QED) is 0.328. The van der Waals surface area contributed by atoms with Crippen molar-refractivity contribution in [2.75, 3.05) is 7.05 Å². The first kappa shape index (κ1) is 19.9. The normalized spacial score (nSPS) is 11.7. The van der Waals surface area contributed by atoms with Crippen molar-refractivity contribution in [3.05, 3.63) is 45.4 Å². The van der Waals surface area contributed by atoms with E-state index in [9.17, 15) is 0 Å². The number of ether oxygens (including phenoxy) is 1. The Morgan fingerprint density at radius 1 is 1.15 bits per heavy atom. The zero-order valence-electron chi connectivity index (χ0n) is 15.9. The standard InChI is InChI=1S/C20H21Cl2N3OS/c1-11(2)25(5)10-23-16-8-13(4)17(9-12(16)3)26-20-18-14(21)6-7-15(22)19(18)24-27-20/h6-11H,1-5H3. The van der Waals surface area contributed by atoms with Crippen LogP contribution in [0.4, 0.5) is 5.69 Å². The molecule has 0 N–H and O–H groups in total. The lowest BCUT2D eigenvalue weighted by atomic mass is 10.1. The molecule has 1 heterocycles. The number of fused-ring (bicyclic) bond motifs is 1. The van der Waals surface area contributed by atoms with Crippen molar-refractivity contribution in [3.63, 3.8) is 0 Å². The fourth-order valence-corrected chi connectivity index (χ4v) is 3.77. The number of halogens is 2. The molecule has 0 atom stereocenters. The van der Waals surface area contributed by atoms with E-state index in [-0.39, 0.29) is 0 Å². The van der Waals surface area contributed by atoms with Crippen LogP contribution in [0.3, 0.4) is 0 Å². The lowest BCUT2D eigenvalue weighted by Crippen LogP contribution is -2.24. The number of aliphatic imine (C=N–C) groups is 1. The average molecular weight is 422 g/mol. The summed E-state index contributed by atoms with van der Waals surface area (Å²) in [5.74, 6) is 0.755. The molecule has 3 aromatic rings. The predicted octanol–water partition coefficient (Wildman–Crippen LogP) is 7.01. The van der Waals surface area contributed by atoms with Crippen LogP contribution in [0.5, 0.6) is 10.8 Å². The second kappa shape index (κ2) is 8.05. The molecule has 0 unspecified atom stereocenters. The maximum atomic E-state index is 6.34. The maximum Gasteiger partial charge on any atom is 0.209 e. The molecule has 0 amide bonds. The molecule has 27 heavy (non-hydrogen) atoms. The second-order valence-corrected chi connectivity index (χ2v) is 8.28. The topological polar surface area (TPSA) is 37.7 Å². The predicted molar refractivity (Wildman–Crippen MR) is 117 cm³/mol. The molecule has 0 spiro atoms. The number of hydrogen-bond donors (Lipinski definition) is 0. The van der Waals surface area contributed by atoms with Crippen LogP contribution in [-0.2, 0) is 0 Å². The van der Waals surface area contributed by atoms with Crippen molar-refractivity contribution >= 4 is 57.7 Å². The number of nitrogens with zero attached hydrogens (tertiary/aromatic N) is 3. The average Bonchev–Trinajstić information content (AvgIpc) is 3.04. The van der Waals surface area contributed by atoms with Crippen molar-refractivity contribution in [1.82, 2.24) is 9.27 Å². The third-order valence-electron chi connectivity index (χ3n) is 4.39. The number of aryl methyl sites for hydroxylation is 2. The van der Waals surface area contributed by atoms with Gasteiger partial charge >= 0.3 is 0 Å². The highest BCUT2D eigenvalue weighted by Crippen LogP contribution is 2.42. The molecular formula is C20H21Cl2N3OS. The Bertz CT molecular complexity index is 1010. The molecule has 142 valence electrons. The number of rotatable bonds is 5.